The third-order valence-electron chi connectivity index (χ3n) is 2.91. The SMILES string of the molecule is CNC(=O)[C@H]1CC[C@@H](c2ccccc2)N1.Cl. The molecule has 0 bridgehead atoms. The monoisotopic (exact) mass is 240 g/mol. The van der Waals surface area contributed by atoms with E-state index in [2.05, 4.69) is 22.8 Å². The van der Waals surface area contributed by atoms with E-state index in [9.17, 15) is 4.79 Å². The van der Waals surface area contributed by atoms with E-state index in [1.165, 1.54) is 5.56 Å². The van der Waals surface area contributed by atoms with Gasteiger partial charge in [-0.15, -0.1) is 12.4 Å². The molecular formula is C12H17ClN2O. The Morgan fingerprint density at radius 2 is 2.00 bits per heavy atom. The normalized spacial score (nSPS) is 23.6. The van der Waals surface area contributed by atoms with E-state index in [1.54, 1.807) is 7.05 Å². The predicted molar refractivity (Wildman–Crippen MR) is 66.7 cm³/mol. The molecule has 0 unspecified atom stereocenters. The van der Waals surface area contributed by atoms with E-state index in [4.69, 9.17) is 0 Å². The molecule has 88 valence electrons. The van der Waals surface area contributed by atoms with E-state index in [-0.39, 0.29) is 24.4 Å². The summed E-state index contributed by atoms with van der Waals surface area (Å²) in [5.74, 6) is 0.0911. The van der Waals surface area contributed by atoms with Crippen LogP contribution in [-0.2, 0) is 4.79 Å². The first-order chi connectivity index (χ1) is 7.31. The topological polar surface area (TPSA) is 41.1 Å². The summed E-state index contributed by atoms with van der Waals surface area (Å²) in [6.45, 7) is 0. The summed E-state index contributed by atoms with van der Waals surface area (Å²) < 4.78 is 0. The number of likely N-dealkylation sites (N-methyl/N-ethyl adjacent to an activating group) is 1. The second kappa shape index (κ2) is 5.87. The van der Waals surface area contributed by atoms with Crippen LogP contribution in [0, 0.1) is 0 Å². The van der Waals surface area contributed by atoms with Gasteiger partial charge in [-0.1, -0.05) is 30.3 Å². The average Bonchev–Trinajstić information content (AvgIpc) is 2.78. The van der Waals surface area contributed by atoms with Gasteiger partial charge in [0, 0.05) is 13.1 Å². The zero-order chi connectivity index (χ0) is 10.7. The highest BCUT2D eigenvalue weighted by Gasteiger charge is 2.28. The molecule has 0 radical (unpaired) electrons. The Balaban J connectivity index is 0.00000128. The molecule has 1 aromatic carbocycles. The Morgan fingerprint density at radius 1 is 1.31 bits per heavy atom. The van der Waals surface area contributed by atoms with Crippen LogP contribution < -0.4 is 10.6 Å². The van der Waals surface area contributed by atoms with Crippen molar-refractivity contribution in [2.24, 2.45) is 0 Å². The average molecular weight is 241 g/mol. The first-order valence-corrected chi connectivity index (χ1v) is 5.34. The van der Waals surface area contributed by atoms with Gasteiger partial charge < -0.3 is 5.32 Å². The van der Waals surface area contributed by atoms with Crippen LogP contribution in [0.5, 0.6) is 0 Å². The molecule has 0 aromatic heterocycles. The molecule has 0 aliphatic carbocycles. The number of rotatable bonds is 2. The second-order valence-corrected chi connectivity index (χ2v) is 3.87. The fourth-order valence-corrected chi connectivity index (χ4v) is 2.07. The van der Waals surface area contributed by atoms with Crippen molar-refractivity contribution in [1.82, 2.24) is 10.6 Å². The highest BCUT2D eigenvalue weighted by molar-refractivity contribution is 5.85. The lowest BCUT2D eigenvalue weighted by atomic mass is 10.1. The lowest BCUT2D eigenvalue weighted by Gasteiger charge is -2.13. The van der Waals surface area contributed by atoms with Crippen molar-refractivity contribution < 1.29 is 4.79 Å². The summed E-state index contributed by atoms with van der Waals surface area (Å²) in [5, 5.41) is 6.02. The smallest absolute Gasteiger partial charge is 0.236 e. The maximum absolute atomic E-state index is 11.4. The number of carbonyl (C=O) groups excluding carboxylic acids is 1. The predicted octanol–water partition coefficient (Wildman–Crippen LogP) is 1.65. The minimum Gasteiger partial charge on any atom is -0.358 e. The van der Waals surface area contributed by atoms with Crippen molar-refractivity contribution >= 4 is 18.3 Å². The van der Waals surface area contributed by atoms with Crippen LogP contribution in [0.25, 0.3) is 0 Å². The van der Waals surface area contributed by atoms with E-state index >= 15 is 0 Å². The van der Waals surface area contributed by atoms with Gasteiger partial charge in [0.2, 0.25) is 5.91 Å². The lowest BCUT2D eigenvalue weighted by molar-refractivity contribution is -0.122. The van der Waals surface area contributed by atoms with Crippen molar-refractivity contribution in [2.45, 2.75) is 24.9 Å². The molecule has 2 atom stereocenters. The van der Waals surface area contributed by atoms with Gasteiger partial charge in [-0.2, -0.15) is 0 Å². The summed E-state index contributed by atoms with van der Waals surface area (Å²) in [6.07, 6.45) is 1.95. The molecule has 1 fully saturated rings. The van der Waals surface area contributed by atoms with Crippen LogP contribution in [-0.4, -0.2) is 19.0 Å². The van der Waals surface area contributed by atoms with Crippen molar-refractivity contribution in [3.63, 3.8) is 0 Å². The molecule has 1 aromatic rings. The molecule has 4 heteroatoms. The Hall–Kier alpha value is -1.06. The molecule has 2 rings (SSSR count). The van der Waals surface area contributed by atoms with Crippen LogP contribution in [0.4, 0.5) is 0 Å². The van der Waals surface area contributed by atoms with Gasteiger partial charge in [-0.3, -0.25) is 10.1 Å². The summed E-state index contributed by atoms with van der Waals surface area (Å²) in [6, 6.07) is 10.6. The highest BCUT2D eigenvalue weighted by Crippen LogP contribution is 2.26. The van der Waals surface area contributed by atoms with E-state index < -0.39 is 0 Å². The van der Waals surface area contributed by atoms with Crippen molar-refractivity contribution in [1.29, 1.82) is 0 Å². The number of nitrogens with one attached hydrogen (secondary N) is 2. The number of benzene rings is 1. The zero-order valence-electron chi connectivity index (χ0n) is 9.27. The summed E-state index contributed by atoms with van der Waals surface area (Å²) in [4.78, 5) is 11.4. The molecule has 1 amide bonds. The van der Waals surface area contributed by atoms with Gasteiger partial charge in [0.15, 0.2) is 0 Å². The third-order valence-corrected chi connectivity index (χ3v) is 2.91. The van der Waals surface area contributed by atoms with Gasteiger partial charge in [0.1, 0.15) is 0 Å². The highest BCUT2D eigenvalue weighted by atomic mass is 35.5. The van der Waals surface area contributed by atoms with Gasteiger partial charge in [0.25, 0.3) is 0 Å². The first-order valence-electron chi connectivity index (χ1n) is 5.34. The number of carbonyl (C=O) groups is 1. The molecular weight excluding hydrogens is 224 g/mol. The fraction of sp³-hybridized carbons (Fsp3) is 0.417. The van der Waals surface area contributed by atoms with Crippen molar-refractivity contribution in [3.8, 4) is 0 Å². The number of hydrogen-bond donors (Lipinski definition) is 2. The van der Waals surface area contributed by atoms with Gasteiger partial charge in [-0.25, -0.2) is 0 Å². The summed E-state index contributed by atoms with van der Waals surface area (Å²) in [7, 11) is 1.68. The van der Waals surface area contributed by atoms with Crippen molar-refractivity contribution in [2.75, 3.05) is 7.05 Å². The van der Waals surface area contributed by atoms with Crippen LogP contribution in [0.15, 0.2) is 30.3 Å². The zero-order valence-corrected chi connectivity index (χ0v) is 10.1. The molecule has 1 aliphatic rings. The maximum Gasteiger partial charge on any atom is 0.236 e. The summed E-state index contributed by atoms with van der Waals surface area (Å²) in [5.41, 5.74) is 1.27. The molecule has 1 aliphatic heterocycles. The van der Waals surface area contributed by atoms with E-state index in [0.29, 0.717) is 6.04 Å². The van der Waals surface area contributed by atoms with Crippen LogP contribution in [0.1, 0.15) is 24.4 Å². The van der Waals surface area contributed by atoms with Crippen LogP contribution >= 0.6 is 12.4 Å². The van der Waals surface area contributed by atoms with Crippen LogP contribution in [0.3, 0.4) is 0 Å². The molecule has 0 spiro atoms. The van der Waals surface area contributed by atoms with Crippen LogP contribution in [0.2, 0.25) is 0 Å². The Labute approximate surface area is 102 Å². The van der Waals surface area contributed by atoms with Gasteiger partial charge >= 0.3 is 0 Å². The lowest BCUT2D eigenvalue weighted by Crippen LogP contribution is -2.39. The van der Waals surface area contributed by atoms with Crippen molar-refractivity contribution in [3.05, 3.63) is 35.9 Å². The molecule has 2 N–H and O–H groups in total. The molecule has 1 saturated heterocycles. The fourth-order valence-electron chi connectivity index (χ4n) is 2.07. The Bertz CT molecular complexity index is 342. The molecule has 0 saturated carbocycles. The Morgan fingerprint density at radius 3 is 2.62 bits per heavy atom. The quantitative estimate of drug-likeness (QED) is 0.826. The number of amides is 1. The van der Waals surface area contributed by atoms with E-state index in [0.717, 1.165) is 12.8 Å². The largest absolute Gasteiger partial charge is 0.358 e. The van der Waals surface area contributed by atoms with E-state index in [1.807, 2.05) is 18.2 Å². The molecule has 1 heterocycles. The Kier molecular flexibility index (Phi) is 4.77. The first kappa shape index (κ1) is 13.0. The standard InChI is InChI=1S/C12H16N2O.ClH/c1-13-12(15)11-8-7-10(14-11)9-5-3-2-4-6-9;/h2-6,10-11,14H,7-8H2,1H3,(H,13,15);1H/t10-,11+;/m0./s1. The maximum atomic E-state index is 11.4. The number of halogens is 1. The van der Waals surface area contributed by atoms with Gasteiger partial charge in [0.05, 0.1) is 6.04 Å². The molecule has 3 nitrogen and oxygen atoms in total. The summed E-state index contributed by atoms with van der Waals surface area (Å²) >= 11 is 0. The minimum absolute atomic E-state index is 0. The number of hydrogen-bond acceptors (Lipinski definition) is 2. The van der Waals surface area contributed by atoms with Gasteiger partial charge in [-0.05, 0) is 18.4 Å². The molecule has 16 heavy (non-hydrogen) atoms. The second-order valence-electron chi connectivity index (χ2n) is 3.87. The minimum atomic E-state index is -0.0276. The third kappa shape index (κ3) is 2.74.